The van der Waals surface area contributed by atoms with E-state index in [0.29, 0.717) is 23.6 Å². The van der Waals surface area contributed by atoms with Gasteiger partial charge in [0.2, 0.25) is 0 Å². The number of carbonyl (C=O) groups is 1. The SMILES string of the molecule is CN(C)c1cc(C2CCCN(C(=O)c3ccncc3)C2)nc(-c2cnccn2)n1. The van der Waals surface area contributed by atoms with Crippen molar-refractivity contribution < 1.29 is 4.79 Å². The molecular formula is C21H23N7O. The molecule has 0 radical (unpaired) electrons. The summed E-state index contributed by atoms with van der Waals surface area (Å²) in [6.07, 6.45) is 10.1. The average molecular weight is 389 g/mol. The Labute approximate surface area is 169 Å². The van der Waals surface area contributed by atoms with Crippen molar-refractivity contribution in [1.29, 1.82) is 0 Å². The minimum Gasteiger partial charge on any atom is -0.363 e. The minimum absolute atomic E-state index is 0.0353. The number of nitrogens with zero attached hydrogens (tertiary/aromatic N) is 7. The summed E-state index contributed by atoms with van der Waals surface area (Å²) in [5, 5.41) is 0. The van der Waals surface area contributed by atoms with Crippen LogP contribution in [0, 0.1) is 0 Å². The predicted molar refractivity (Wildman–Crippen MR) is 110 cm³/mol. The third-order valence-corrected chi connectivity index (χ3v) is 5.04. The van der Waals surface area contributed by atoms with E-state index in [0.717, 1.165) is 30.9 Å². The molecule has 29 heavy (non-hydrogen) atoms. The predicted octanol–water partition coefficient (Wildman–Crippen LogP) is 2.41. The van der Waals surface area contributed by atoms with E-state index in [9.17, 15) is 4.79 Å². The molecule has 0 N–H and O–H groups in total. The average Bonchev–Trinajstić information content (AvgIpc) is 2.79. The van der Waals surface area contributed by atoms with Gasteiger partial charge in [-0.15, -0.1) is 0 Å². The minimum atomic E-state index is 0.0353. The molecule has 1 amide bonds. The Hall–Kier alpha value is -3.42. The molecule has 4 heterocycles. The molecule has 148 valence electrons. The zero-order valence-electron chi connectivity index (χ0n) is 16.6. The first-order chi connectivity index (χ1) is 14.1. The topological polar surface area (TPSA) is 88.0 Å². The molecule has 0 bridgehead atoms. The molecule has 0 aromatic carbocycles. The molecule has 0 aliphatic carbocycles. The van der Waals surface area contributed by atoms with Crippen LogP contribution >= 0.6 is 0 Å². The van der Waals surface area contributed by atoms with Gasteiger partial charge in [0.1, 0.15) is 11.5 Å². The van der Waals surface area contributed by atoms with Crippen molar-refractivity contribution in [2.75, 3.05) is 32.1 Å². The molecule has 1 fully saturated rings. The Kier molecular flexibility index (Phi) is 5.41. The maximum atomic E-state index is 12.9. The summed E-state index contributed by atoms with van der Waals surface area (Å²) in [6, 6.07) is 5.52. The molecule has 1 saturated heterocycles. The van der Waals surface area contributed by atoms with Gasteiger partial charge < -0.3 is 9.80 Å². The summed E-state index contributed by atoms with van der Waals surface area (Å²) < 4.78 is 0. The van der Waals surface area contributed by atoms with Crippen LogP contribution in [0.2, 0.25) is 0 Å². The maximum Gasteiger partial charge on any atom is 0.253 e. The summed E-state index contributed by atoms with van der Waals surface area (Å²) in [6.45, 7) is 1.38. The summed E-state index contributed by atoms with van der Waals surface area (Å²) in [5.41, 5.74) is 2.23. The second-order valence-corrected chi connectivity index (χ2v) is 7.29. The molecule has 0 saturated carbocycles. The summed E-state index contributed by atoms with van der Waals surface area (Å²) in [4.78, 5) is 38.6. The number of rotatable bonds is 4. The highest BCUT2D eigenvalue weighted by molar-refractivity contribution is 5.94. The Morgan fingerprint density at radius 3 is 2.66 bits per heavy atom. The zero-order valence-corrected chi connectivity index (χ0v) is 16.6. The molecule has 0 spiro atoms. The number of likely N-dealkylation sites (tertiary alicyclic amines) is 1. The lowest BCUT2D eigenvalue weighted by atomic mass is 9.93. The van der Waals surface area contributed by atoms with Gasteiger partial charge in [0.25, 0.3) is 5.91 Å². The Balaban J connectivity index is 1.63. The van der Waals surface area contributed by atoms with E-state index in [4.69, 9.17) is 4.98 Å². The Morgan fingerprint density at radius 1 is 1.10 bits per heavy atom. The van der Waals surface area contributed by atoms with Crippen LogP contribution in [0.1, 0.15) is 34.8 Å². The van der Waals surface area contributed by atoms with Crippen LogP contribution in [0.15, 0.2) is 49.2 Å². The van der Waals surface area contributed by atoms with Crippen molar-refractivity contribution >= 4 is 11.7 Å². The van der Waals surface area contributed by atoms with Gasteiger partial charge in [0.05, 0.1) is 11.9 Å². The standard InChI is InChI=1S/C21H23N7O/c1-27(2)19-12-17(25-20(26-19)18-13-23-9-10-24-18)16-4-3-11-28(14-16)21(29)15-5-7-22-8-6-15/h5-10,12-13,16H,3-4,11,14H2,1-2H3. The van der Waals surface area contributed by atoms with E-state index in [-0.39, 0.29) is 11.8 Å². The van der Waals surface area contributed by atoms with Crippen molar-refractivity contribution in [3.63, 3.8) is 0 Å². The van der Waals surface area contributed by atoms with Gasteiger partial charge in [-0.2, -0.15) is 0 Å². The highest BCUT2D eigenvalue weighted by Crippen LogP contribution is 2.29. The van der Waals surface area contributed by atoms with E-state index < -0.39 is 0 Å². The summed E-state index contributed by atoms with van der Waals surface area (Å²) in [5.74, 6) is 1.55. The second-order valence-electron chi connectivity index (χ2n) is 7.29. The van der Waals surface area contributed by atoms with E-state index in [1.807, 2.05) is 30.0 Å². The number of carbonyl (C=O) groups excluding carboxylic acids is 1. The molecule has 1 aliphatic heterocycles. The van der Waals surface area contributed by atoms with Crippen molar-refractivity contribution in [3.8, 4) is 11.5 Å². The molecule has 3 aromatic heterocycles. The highest BCUT2D eigenvalue weighted by Gasteiger charge is 2.27. The molecule has 1 atom stereocenters. The van der Waals surface area contributed by atoms with Crippen molar-refractivity contribution in [2.45, 2.75) is 18.8 Å². The van der Waals surface area contributed by atoms with Gasteiger partial charge >= 0.3 is 0 Å². The highest BCUT2D eigenvalue weighted by atomic mass is 16.2. The normalized spacial score (nSPS) is 16.5. The number of hydrogen-bond acceptors (Lipinski definition) is 7. The van der Waals surface area contributed by atoms with Crippen molar-refractivity contribution in [1.82, 2.24) is 29.8 Å². The van der Waals surface area contributed by atoms with Crippen molar-refractivity contribution in [2.24, 2.45) is 0 Å². The van der Waals surface area contributed by atoms with Crippen LogP contribution < -0.4 is 4.90 Å². The van der Waals surface area contributed by atoms with Crippen molar-refractivity contribution in [3.05, 3.63) is 60.4 Å². The van der Waals surface area contributed by atoms with Crippen LogP contribution in [0.25, 0.3) is 11.5 Å². The third kappa shape index (κ3) is 4.21. The third-order valence-electron chi connectivity index (χ3n) is 5.04. The number of pyridine rings is 1. The van der Waals surface area contributed by atoms with E-state index in [1.54, 1.807) is 43.1 Å². The maximum absolute atomic E-state index is 12.9. The fourth-order valence-electron chi connectivity index (χ4n) is 3.50. The van der Waals surface area contributed by atoms with Gasteiger partial charge in [-0.05, 0) is 25.0 Å². The molecule has 1 unspecified atom stereocenters. The van der Waals surface area contributed by atoms with Crippen LogP contribution in [-0.4, -0.2) is 62.9 Å². The van der Waals surface area contributed by atoms with Gasteiger partial charge in [-0.1, -0.05) is 0 Å². The summed E-state index contributed by atoms with van der Waals surface area (Å²) >= 11 is 0. The van der Waals surface area contributed by atoms with E-state index in [2.05, 4.69) is 19.9 Å². The fraction of sp³-hybridized carbons (Fsp3) is 0.333. The number of piperidine rings is 1. The molecule has 8 heteroatoms. The van der Waals surface area contributed by atoms with Gasteiger partial charge in [0.15, 0.2) is 5.82 Å². The largest absolute Gasteiger partial charge is 0.363 e. The molecule has 8 nitrogen and oxygen atoms in total. The Bertz CT molecular complexity index is 979. The molecular weight excluding hydrogens is 366 g/mol. The van der Waals surface area contributed by atoms with Crippen LogP contribution in [-0.2, 0) is 0 Å². The second kappa shape index (κ2) is 8.30. The quantitative estimate of drug-likeness (QED) is 0.677. The van der Waals surface area contributed by atoms with Crippen LogP contribution in [0.5, 0.6) is 0 Å². The van der Waals surface area contributed by atoms with Gasteiger partial charge in [0, 0.05) is 69.5 Å². The zero-order chi connectivity index (χ0) is 20.2. The van der Waals surface area contributed by atoms with Gasteiger partial charge in [-0.25, -0.2) is 15.0 Å². The number of aromatic nitrogens is 5. The first-order valence-corrected chi connectivity index (χ1v) is 9.64. The van der Waals surface area contributed by atoms with Crippen LogP contribution in [0.4, 0.5) is 5.82 Å². The lowest BCUT2D eigenvalue weighted by Crippen LogP contribution is -2.39. The number of hydrogen-bond donors (Lipinski definition) is 0. The number of anilines is 1. The number of amides is 1. The molecule has 3 aromatic rings. The van der Waals surface area contributed by atoms with Crippen LogP contribution in [0.3, 0.4) is 0 Å². The van der Waals surface area contributed by atoms with Gasteiger partial charge in [-0.3, -0.25) is 14.8 Å². The molecule has 1 aliphatic rings. The summed E-state index contributed by atoms with van der Waals surface area (Å²) in [7, 11) is 3.90. The Morgan fingerprint density at radius 2 is 1.93 bits per heavy atom. The monoisotopic (exact) mass is 389 g/mol. The van der Waals surface area contributed by atoms with E-state index >= 15 is 0 Å². The van der Waals surface area contributed by atoms with E-state index in [1.165, 1.54) is 0 Å². The smallest absolute Gasteiger partial charge is 0.253 e. The lowest BCUT2D eigenvalue weighted by molar-refractivity contribution is 0.0706. The molecule has 4 rings (SSSR count). The first-order valence-electron chi connectivity index (χ1n) is 9.64. The lowest BCUT2D eigenvalue weighted by Gasteiger charge is -2.33. The first kappa shape index (κ1) is 18.9. The fourth-order valence-corrected chi connectivity index (χ4v) is 3.50.